The van der Waals surface area contributed by atoms with Gasteiger partial charge in [-0.1, -0.05) is 29.8 Å². The van der Waals surface area contributed by atoms with Gasteiger partial charge in [-0.3, -0.25) is 9.59 Å². The lowest BCUT2D eigenvalue weighted by molar-refractivity contribution is -0.117. The van der Waals surface area contributed by atoms with E-state index in [9.17, 15) is 9.59 Å². The molecule has 1 aliphatic heterocycles. The third kappa shape index (κ3) is 4.35. The monoisotopic (exact) mass is 570 g/mol. The maximum atomic E-state index is 13.0. The molecular formula is C27H24Br2O4. The van der Waals surface area contributed by atoms with Crippen LogP contribution in [0.5, 0.6) is 5.75 Å². The van der Waals surface area contributed by atoms with Crippen molar-refractivity contribution in [3.05, 3.63) is 84.7 Å². The Morgan fingerprint density at radius 1 is 0.879 bits per heavy atom. The topological polar surface area (TPSA) is 52.6 Å². The number of carbonyl (C=O) groups is 2. The number of allylic oxidation sites excluding steroid dienone is 4. The predicted molar refractivity (Wildman–Crippen MR) is 133 cm³/mol. The molecule has 0 saturated heterocycles. The molecule has 0 fully saturated rings. The van der Waals surface area contributed by atoms with E-state index in [1.165, 1.54) is 5.56 Å². The molecule has 0 atom stereocenters. The Bertz CT molecular complexity index is 1140. The Balaban J connectivity index is 1.52. The Hall–Kier alpha value is -2.18. The average Bonchev–Trinajstić information content (AvgIpc) is 2.79. The van der Waals surface area contributed by atoms with Crippen molar-refractivity contribution in [1.82, 2.24) is 0 Å². The summed E-state index contributed by atoms with van der Waals surface area (Å²) >= 11 is 7.34. The highest BCUT2D eigenvalue weighted by atomic mass is 79.9. The molecule has 0 spiro atoms. The highest BCUT2D eigenvalue weighted by molar-refractivity contribution is 9.11. The van der Waals surface area contributed by atoms with Gasteiger partial charge < -0.3 is 9.47 Å². The average molecular weight is 572 g/mol. The van der Waals surface area contributed by atoms with Gasteiger partial charge in [-0.05, 0) is 74.9 Å². The normalized spacial score (nSPS) is 18.8. The van der Waals surface area contributed by atoms with Gasteiger partial charge in [0.05, 0.1) is 8.95 Å². The zero-order chi connectivity index (χ0) is 23.1. The quantitative estimate of drug-likeness (QED) is 0.388. The van der Waals surface area contributed by atoms with Crippen LogP contribution < -0.4 is 4.74 Å². The van der Waals surface area contributed by atoms with Crippen molar-refractivity contribution in [3.8, 4) is 5.75 Å². The molecule has 5 rings (SSSR count). The second-order valence-corrected chi connectivity index (χ2v) is 10.6. The molecular weight excluding hydrogens is 548 g/mol. The maximum Gasteiger partial charge on any atom is 0.163 e. The summed E-state index contributed by atoms with van der Waals surface area (Å²) in [5.41, 5.74) is 4.49. The molecule has 0 N–H and O–H groups in total. The van der Waals surface area contributed by atoms with Crippen molar-refractivity contribution in [1.29, 1.82) is 0 Å². The summed E-state index contributed by atoms with van der Waals surface area (Å²) in [4.78, 5) is 26.0. The summed E-state index contributed by atoms with van der Waals surface area (Å²) in [5.74, 6) is 1.97. The van der Waals surface area contributed by atoms with Crippen LogP contribution in [0.3, 0.4) is 0 Å². The van der Waals surface area contributed by atoms with Gasteiger partial charge in [-0.15, -0.1) is 0 Å². The lowest BCUT2D eigenvalue weighted by Gasteiger charge is -2.36. The summed E-state index contributed by atoms with van der Waals surface area (Å²) in [6, 6.07) is 12.2. The Kier molecular flexibility index (Phi) is 6.32. The molecule has 0 saturated carbocycles. The first kappa shape index (κ1) is 22.6. The Morgan fingerprint density at radius 3 is 1.97 bits per heavy atom. The van der Waals surface area contributed by atoms with Gasteiger partial charge in [-0.2, -0.15) is 0 Å². The molecule has 0 unspecified atom stereocenters. The third-order valence-corrected chi connectivity index (χ3v) is 7.68. The minimum atomic E-state index is -0.386. The SMILES string of the molecule is Cc1ccc(COc2c(Br)cc(C3C4=C(CCCC4=O)OC4=C3C(=O)CCC4)cc2Br)cc1. The van der Waals surface area contributed by atoms with Crippen LogP contribution >= 0.6 is 31.9 Å². The minimum absolute atomic E-state index is 0.0816. The van der Waals surface area contributed by atoms with Gasteiger partial charge in [0.2, 0.25) is 0 Å². The molecule has 2 aliphatic carbocycles. The zero-order valence-corrected chi connectivity index (χ0v) is 21.6. The molecule has 2 aromatic rings. The predicted octanol–water partition coefficient (Wildman–Crippen LogP) is 7.23. The van der Waals surface area contributed by atoms with Crippen LogP contribution in [0.25, 0.3) is 0 Å². The number of carbonyl (C=O) groups excluding carboxylic acids is 2. The highest BCUT2D eigenvalue weighted by Gasteiger charge is 2.42. The van der Waals surface area contributed by atoms with Gasteiger partial charge in [0.15, 0.2) is 11.6 Å². The number of hydrogen-bond donors (Lipinski definition) is 0. The van der Waals surface area contributed by atoms with Gasteiger partial charge in [0.25, 0.3) is 0 Å². The first-order chi connectivity index (χ1) is 15.9. The molecule has 3 aliphatic rings. The Labute approximate surface area is 210 Å². The van der Waals surface area contributed by atoms with E-state index in [-0.39, 0.29) is 17.5 Å². The maximum absolute atomic E-state index is 13.0. The molecule has 33 heavy (non-hydrogen) atoms. The van der Waals surface area contributed by atoms with Crippen molar-refractivity contribution in [2.24, 2.45) is 0 Å². The van der Waals surface area contributed by atoms with E-state index in [1.54, 1.807) is 0 Å². The van der Waals surface area contributed by atoms with Crippen LogP contribution in [0.15, 0.2) is 68.0 Å². The third-order valence-electron chi connectivity index (χ3n) is 6.50. The molecule has 6 heteroatoms. The highest BCUT2D eigenvalue weighted by Crippen LogP contribution is 2.49. The second kappa shape index (κ2) is 9.22. The number of ketones is 2. The standard InChI is InChI=1S/C27H24Br2O4/c1-15-8-10-16(11-9-15)14-32-27-18(28)12-17(13-19(27)29)24-25-20(30)4-2-6-22(25)33-23-7-3-5-21(31)26(23)24/h8-13,24H,2-7,14H2,1H3. The van der Waals surface area contributed by atoms with Gasteiger partial charge in [0, 0.05) is 42.7 Å². The van der Waals surface area contributed by atoms with E-state index >= 15 is 0 Å². The summed E-state index contributed by atoms with van der Waals surface area (Å²) in [6.45, 7) is 2.50. The molecule has 0 amide bonds. The summed E-state index contributed by atoms with van der Waals surface area (Å²) in [6.07, 6.45) is 4.05. The van der Waals surface area contributed by atoms with E-state index in [1.807, 2.05) is 12.1 Å². The lowest BCUT2D eigenvalue weighted by atomic mass is 9.73. The molecule has 4 nitrogen and oxygen atoms in total. The number of halogens is 2. The molecule has 1 heterocycles. The fraction of sp³-hybridized carbons (Fsp3) is 0.333. The fourth-order valence-corrected chi connectivity index (χ4v) is 6.33. The largest absolute Gasteiger partial charge is 0.487 e. The fourth-order valence-electron chi connectivity index (χ4n) is 4.87. The summed E-state index contributed by atoms with van der Waals surface area (Å²) in [7, 11) is 0. The minimum Gasteiger partial charge on any atom is -0.487 e. The van der Waals surface area contributed by atoms with Crippen LogP contribution in [-0.4, -0.2) is 11.6 Å². The van der Waals surface area contributed by atoms with E-state index in [2.05, 4.69) is 63.0 Å². The van der Waals surface area contributed by atoms with Crippen LogP contribution in [0.1, 0.15) is 61.1 Å². The number of benzene rings is 2. The Morgan fingerprint density at radius 2 is 1.42 bits per heavy atom. The van der Waals surface area contributed by atoms with E-state index in [4.69, 9.17) is 9.47 Å². The van der Waals surface area contributed by atoms with Crippen LogP contribution in [0, 0.1) is 6.92 Å². The number of ether oxygens (including phenoxy) is 2. The van der Waals surface area contributed by atoms with Gasteiger partial charge >= 0.3 is 0 Å². The van der Waals surface area contributed by atoms with Crippen molar-refractivity contribution >= 4 is 43.4 Å². The van der Waals surface area contributed by atoms with Crippen molar-refractivity contribution in [2.75, 3.05) is 0 Å². The van der Waals surface area contributed by atoms with Crippen LogP contribution in [0.2, 0.25) is 0 Å². The van der Waals surface area contributed by atoms with E-state index in [0.29, 0.717) is 36.3 Å². The van der Waals surface area contributed by atoms with E-state index < -0.39 is 0 Å². The molecule has 0 radical (unpaired) electrons. The summed E-state index contributed by atoms with van der Waals surface area (Å²) in [5, 5.41) is 0. The number of Topliss-reactive ketones (excluding diaryl/α,β-unsaturated/α-hetero) is 2. The lowest BCUT2D eigenvalue weighted by Crippen LogP contribution is -2.30. The molecule has 0 bridgehead atoms. The van der Waals surface area contributed by atoms with E-state index in [0.717, 1.165) is 57.3 Å². The van der Waals surface area contributed by atoms with Crippen LogP contribution in [-0.2, 0) is 20.9 Å². The van der Waals surface area contributed by atoms with Gasteiger partial charge in [-0.25, -0.2) is 0 Å². The van der Waals surface area contributed by atoms with Crippen LogP contribution in [0.4, 0.5) is 0 Å². The zero-order valence-electron chi connectivity index (χ0n) is 18.4. The van der Waals surface area contributed by atoms with Crippen molar-refractivity contribution in [3.63, 3.8) is 0 Å². The molecule has 2 aromatic carbocycles. The summed E-state index contributed by atoms with van der Waals surface area (Å²) < 4.78 is 13.8. The van der Waals surface area contributed by atoms with Crippen molar-refractivity contribution in [2.45, 2.75) is 58.0 Å². The molecule has 170 valence electrons. The van der Waals surface area contributed by atoms with Crippen molar-refractivity contribution < 1.29 is 19.1 Å². The number of hydrogen-bond acceptors (Lipinski definition) is 4. The van der Waals surface area contributed by atoms with Gasteiger partial charge in [0.1, 0.15) is 23.9 Å². The molecule has 0 aromatic heterocycles. The second-order valence-electron chi connectivity index (χ2n) is 8.85. The first-order valence-corrected chi connectivity index (χ1v) is 12.9. The number of aryl methyl sites for hydroxylation is 1. The number of rotatable bonds is 4. The first-order valence-electron chi connectivity index (χ1n) is 11.3. The smallest absolute Gasteiger partial charge is 0.163 e.